The van der Waals surface area contributed by atoms with Crippen LogP contribution in [0.15, 0.2) is 0 Å². The van der Waals surface area contributed by atoms with Crippen LogP contribution in [-0.4, -0.2) is 56.0 Å². The summed E-state index contributed by atoms with van der Waals surface area (Å²) in [5, 5.41) is 36.0. The molecule has 0 saturated heterocycles. The first-order chi connectivity index (χ1) is 8.66. The van der Waals surface area contributed by atoms with Crippen LogP contribution in [0.2, 0.25) is 0 Å². The predicted molar refractivity (Wildman–Crippen MR) is 86.2 cm³/mol. The molecule has 20 nitrogen and oxygen atoms in total. The first kappa shape index (κ1) is 69.1. The number of carbonyl (C=O) groups is 5. The highest BCUT2D eigenvalue weighted by atomic mass is 16.4. The summed E-state index contributed by atoms with van der Waals surface area (Å²) in [6, 6.07) is 0. The van der Waals surface area contributed by atoms with Gasteiger partial charge >= 0.3 is 30.5 Å². The summed E-state index contributed by atoms with van der Waals surface area (Å²) in [5.74, 6) is 0. The number of hydrogen-bond donors (Lipinski definition) is 15. The van der Waals surface area contributed by atoms with Crippen molar-refractivity contribution in [3.63, 3.8) is 0 Å². The average Bonchev–Trinajstić information content (AvgIpc) is 1.94. The normalized spacial score (nSPS) is 4.80. The third-order valence-electron chi connectivity index (χ3n) is 0. The summed E-state index contributed by atoms with van der Waals surface area (Å²) in [6.07, 6.45) is -6.67. The van der Waals surface area contributed by atoms with E-state index in [0.717, 1.165) is 0 Å². The Bertz CT molecular complexity index is 223. The maximum atomic E-state index is 8.78. The van der Waals surface area contributed by atoms with Gasteiger partial charge in [0.2, 0.25) is 0 Å². The van der Waals surface area contributed by atoms with Crippen molar-refractivity contribution in [1.82, 2.24) is 30.8 Å². The Morgan fingerprint density at radius 1 is 0.360 bits per heavy atom. The minimum Gasteiger partial charge on any atom is -0.465 e. The molecule has 0 fully saturated rings. The summed E-state index contributed by atoms with van der Waals surface area (Å²) in [7, 11) is 0. The fourth-order valence-corrected chi connectivity index (χ4v) is 0. The van der Waals surface area contributed by atoms with Gasteiger partial charge < -0.3 is 85.0 Å². The minimum atomic E-state index is -1.33. The molecule has 0 radical (unpaired) electrons. The van der Waals surface area contributed by atoms with Gasteiger partial charge in [-0.05, 0) is 0 Å². The lowest BCUT2D eigenvalue weighted by atomic mass is 11.3. The Hall–Kier alpha value is -3.85. The summed E-state index contributed by atoms with van der Waals surface area (Å²) >= 11 is 0. The second-order valence-corrected chi connectivity index (χ2v) is 1.69. The van der Waals surface area contributed by atoms with Crippen molar-refractivity contribution in [3.8, 4) is 0 Å². The zero-order valence-electron chi connectivity index (χ0n) is 13.2. The van der Waals surface area contributed by atoms with Crippen LogP contribution >= 0.6 is 0 Å². The predicted octanol–water partition coefficient (Wildman–Crippen LogP) is -1.07. The van der Waals surface area contributed by atoms with Crippen molar-refractivity contribution in [1.29, 1.82) is 0 Å². The number of amides is 5. The molecule has 0 bridgehead atoms. The van der Waals surface area contributed by atoms with Gasteiger partial charge in [0.05, 0.1) is 0 Å². The molecular formula is C5H30N10O10. The van der Waals surface area contributed by atoms with Gasteiger partial charge in [-0.2, -0.15) is 0 Å². The van der Waals surface area contributed by atoms with Gasteiger partial charge in [0, 0.05) is 0 Å². The molecule has 0 aromatic heterocycles. The van der Waals surface area contributed by atoms with Crippen molar-refractivity contribution in [2.45, 2.75) is 0 Å². The lowest BCUT2D eigenvalue weighted by Gasteiger charge is -1.61. The monoisotopic (exact) mass is 390 g/mol. The molecule has 5 amide bonds. The molecule has 25 heavy (non-hydrogen) atoms. The summed E-state index contributed by atoms with van der Waals surface area (Å²) in [5.41, 5.74) is 20.1. The van der Waals surface area contributed by atoms with Crippen molar-refractivity contribution in [2.75, 3.05) is 0 Å². The molecule has 0 aliphatic rings. The van der Waals surface area contributed by atoms with E-state index in [0.29, 0.717) is 0 Å². The smallest absolute Gasteiger partial charge is 0.402 e. The van der Waals surface area contributed by atoms with Crippen LogP contribution in [0.25, 0.3) is 0 Å². The van der Waals surface area contributed by atoms with Gasteiger partial charge in [-0.1, -0.05) is 0 Å². The highest BCUT2D eigenvalue weighted by Crippen LogP contribution is 1.36. The first-order valence-corrected chi connectivity index (χ1v) is 3.58. The van der Waals surface area contributed by atoms with Gasteiger partial charge in [-0.3, -0.25) is 0 Å². The summed E-state index contributed by atoms with van der Waals surface area (Å²) in [4.78, 5) is 43.9. The minimum absolute atomic E-state index is 0. The van der Waals surface area contributed by atoms with Gasteiger partial charge in [0.15, 0.2) is 0 Å². The van der Waals surface area contributed by atoms with Crippen LogP contribution in [0.1, 0.15) is 0 Å². The molecule has 0 unspecified atom stereocenters. The topological polar surface area (TPSA) is 492 Å². The SMILES string of the molecule is N.N.N.N.N.NC(=O)O.NC(=O)O.NC(=O)O.NC(=O)O.NC(=O)O. The highest BCUT2D eigenvalue weighted by molar-refractivity contribution is 5.62. The number of primary amides is 5. The zero-order valence-corrected chi connectivity index (χ0v) is 13.2. The number of nitrogens with two attached hydrogens (primary N) is 5. The summed E-state index contributed by atoms with van der Waals surface area (Å²) < 4.78 is 0. The molecule has 0 aliphatic carbocycles. The van der Waals surface area contributed by atoms with Crippen LogP contribution in [-0.2, 0) is 0 Å². The second kappa shape index (κ2) is 59.4. The number of rotatable bonds is 0. The molecular weight excluding hydrogens is 360 g/mol. The van der Waals surface area contributed by atoms with Gasteiger partial charge in [-0.25, -0.2) is 24.0 Å². The molecule has 0 aliphatic heterocycles. The van der Waals surface area contributed by atoms with Crippen LogP contribution in [0.3, 0.4) is 0 Å². The first-order valence-electron chi connectivity index (χ1n) is 3.58. The molecule has 30 N–H and O–H groups in total. The molecule has 0 atom stereocenters. The molecule has 0 aromatic carbocycles. The van der Waals surface area contributed by atoms with E-state index in [2.05, 4.69) is 28.7 Å². The van der Waals surface area contributed by atoms with E-state index in [-0.39, 0.29) is 30.8 Å². The van der Waals surface area contributed by atoms with Crippen molar-refractivity contribution >= 4 is 30.5 Å². The molecule has 0 saturated carbocycles. The fraction of sp³-hybridized carbons (Fsp3) is 0. The Balaban J connectivity index is -0.0000000134. The third kappa shape index (κ3) is 448. The Morgan fingerprint density at radius 2 is 0.360 bits per heavy atom. The van der Waals surface area contributed by atoms with E-state index in [1.807, 2.05) is 0 Å². The van der Waals surface area contributed by atoms with E-state index in [1.54, 1.807) is 0 Å². The third-order valence-corrected chi connectivity index (χ3v) is 0. The number of hydrogen-bond acceptors (Lipinski definition) is 10. The standard InChI is InChI=1S/5CH3NO2.5H3N/c5*2-1(3)4;;;;;/h5*2H2,(H,3,4);5*1H3. The van der Waals surface area contributed by atoms with E-state index < -0.39 is 30.5 Å². The van der Waals surface area contributed by atoms with Crippen molar-refractivity contribution in [2.24, 2.45) is 28.7 Å². The Morgan fingerprint density at radius 3 is 0.360 bits per heavy atom. The van der Waals surface area contributed by atoms with Gasteiger partial charge in [0.1, 0.15) is 0 Å². The molecule has 0 heterocycles. The van der Waals surface area contributed by atoms with E-state index in [1.165, 1.54) is 0 Å². The fourth-order valence-electron chi connectivity index (χ4n) is 0. The molecule has 0 aromatic rings. The maximum Gasteiger partial charge on any atom is 0.402 e. The van der Waals surface area contributed by atoms with Crippen LogP contribution in [0.4, 0.5) is 24.0 Å². The van der Waals surface area contributed by atoms with Gasteiger partial charge in [-0.15, -0.1) is 0 Å². The lowest BCUT2D eigenvalue weighted by molar-refractivity contribution is 0.204. The quantitative estimate of drug-likeness (QED) is 0.234. The molecule has 20 heteroatoms. The largest absolute Gasteiger partial charge is 0.465 e. The van der Waals surface area contributed by atoms with Crippen molar-refractivity contribution in [3.05, 3.63) is 0 Å². The van der Waals surface area contributed by atoms with Gasteiger partial charge in [0.25, 0.3) is 0 Å². The highest BCUT2D eigenvalue weighted by Gasteiger charge is 1.66. The van der Waals surface area contributed by atoms with E-state index >= 15 is 0 Å². The Labute approximate surface area is 140 Å². The van der Waals surface area contributed by atoms with E-state index in [9.17, 15) is 0 Å². The number of carboxylic acid groups (broad SMARTS) is 5. The van der Waals surface area contributed by atoms with Crippen LogP contribution < -0.4 is 59.4 Å². The van der Waals surface area contributed by atoms with Crippen molar-refractivity contribution < 1.29 is 49.5 Å². The Kier molecular flexibility index (Phi) is 164. The average molecular weight is 390 g/mol. The van der Waals surface area contributed by atoms with Crippen LogP contribution in [0.5, 0.6) is 0 Å². The molecule has 160 valence electrons. The maximum absolute atomic E-state index is 8.78. The van der Waals surface area contributed by atoms with Crippen LogP contribution in [0, 0.1) is 0 Å². The lowest BCUT2D eigenvalue weighted by Crippen LogP contribution is -2.03. The second-order valence-electron chi connectivity index (χ2n) is 1.69. The summed E-state index contributed by atoms with van der Waals surface area (Å²) in [6.45, 7) is 0. The zero-order chi connectivity index (χ0) is 17.9. The van der Waals surface area contributed by atoms with E-state index in [4.69, 9.17) is 49.5 Å². The molecule has 0 rings (SSSR count). The molecule has 0 spiro atoms.